The van der Waals surface area contributed by atoms with E-state index in [1.54, 1.807) is 29.2 Å². The van der Waals surface area contributed by atoms with E-state index in [1.807, 2.05) is 43.3 Å². The molecular weight excluding hydrogens is 486 g/mol. The standard InChI is InChI=1S/C25H28BrN3O4/c1-27(2)20-9-5-17(6-10-20)22-21(23(30)18-3-7-19(26)8-4-18)24(31)25(32)29(22)12-11-28-13-15-33-16-14-28/h3-10,22,30H,11-16H2,1-2H3/b23-21+. The van der Waals surface area contributed by atoms with Crippen molar-refractivity contribution in [3.8, 4) is 0 Å². The Kier molecular flexibility index (Phi) is 7.17. The molecule has 33 heavy (non-hydrogen) atoms. The summed E-state index contributed by atoms with van der Waals surface area (Å²) in [4.78, 5) is 32.1. The molecular formula is C25H28BrN3O4. The fraction of sp³-hybridized carbons (Fsp3) is 0.360. The smallest absolute Gasteiger partial charge is 0.295 e. The minimum absolute atomic E-state index is 0.127. The normalized spacial score (nSPS) is 20.9. The highest BCUT2D eigenvalue weighted by Crippen LogP contribution is 2.39. The van der Waals surface area contributed by atoms with Crippen LogP contribution in [-0.2, 0) is 14.3 Å². The number of halogens is 1. The second-order valence-electron chi connectivity index (χ2n) is 8.44. The quantitative estimate of drug-likeness (QED) is 0.363. The Balaban J connectivity index is 1.73. The van der Waals surface area contributed by atoms with Gasteiger partial charge in [0.1, 0.15) is 5.76 Å². The predicted molar refractivity (Wildman–Crippen MR) is 131 cm³/mol. The molecule has 4 rings (SSSR count). The summed E-state index contributed by atoms with van der Waals surface area (Å²) < 4.78 is 6.27. The topological polar surface area (TPSA) is 73.3 Å². The first kappa shape index (κ1) is 23.5. The molecule has 2 aromatic rings. The molecule has 2 aliphatic rings. The lowest BCUT2D eigenvalue weighted by atomic mass is 9.95. The molecule has 1 N–H and O–H groups in total. The van der Waals surface area contributed by atoms with Crippen LogP contribution in [0.2, 0.25) is 0 Å². The molecule has 2 fully saturated rings. The van der Waals surface area contributed by atoms with E-state index in [0.29, 0.717) is 31.9 Å². The van der Waals surface area contributed by atoms with Crippen LogP contribution in [0.4, 0.5) is 5.69 Å². The van der Waals surface area contributed by atoms with Gasteiger partial charge in [0.2, 0.25) is 0 Å². The number of carbonyl (C=O) groups excluding carboxylic acids is 2. The largest absolute Gasteiger partial charge is 0.507 e. The third kappa shape index (κ3) is 4.98. The van der Waals surface area contributed by atoms with Crippen molar-refractivity contribution in [3.05, 3.63) is 69.7 Å². The lowest BCUT2D eigenvalue weighted by Crippen LogP contribution is -2.42. The van der Waals surface area contributed by atoms with E-state index in [0.717, 1.165) is 28.8 Å². The number of ketones is 1. The predicted octanol–water partition coefficient (Wildman–Crippen LogP) is 3.27. The van der Waals surface area contributed by atoms with E-state index < -0.39 is 17.7 Å². The first-order chi connectivity index (χ1) is 15.9. The monoisotopic (exact) mass is 513 g/mol. The Labute approximate surface area is 202 Å². The molecule has 0 bridgehead atoms. The Bertz CT molecular complexity index is 1040. The number of hydrogen-bond donors (Lipinski definition) is 1. The molecule has 0 saturated carbocycles. The van der Waals surface area contributed by atoms with Crippen molar-refractivity contribution < 1.29 is 19.4 Å². The zero-order valence-electron chi connectivity index (χ0n) is 18.8. The number of aliphatic hydroxyl groups excluding tert-OH is 1. The first-order valence-corrected chi connectivity index (χ1v) is 11.8. The van der Waals surface area contributed by atoms with Gasteiger partial charge in [-0.2, -0.15) is 0 Å². The fourth-order valence-corrected chi connectivity index (χ4v) is 4.51. The average Bonchev–Trinajstić information content (AvgIpc) is 3.08. The van der Waals surface area contributed by atoms with Crippen molar-refractivity contribution >= 4 is 39.1 Å². The van der Waals surface area contributed by atoms with Crippen LogP contribution in [0, 0.1) is 0 Å². The number of aliphatic hydroxyl groups is 1. The average molecular weight is 514 g/mol. The summed E-state index contributed by atoms with van der Waals surface area (Å²) in [5, 5.41) is 11.1. The van der Waals surface area contributed by atoms with Crippen LogP contribution in [-0.4, -0.2) is 80.1 Å². The summed E-state index contributed by atoms with van der Waals surface area (Å²) in [6.07, 6.45) is 0. The van der Waals surface area contributed by atoms with E-state index in [1.165, 1.54) is 0 Å². The fourth-order valence-electron chi connectivity index (χ4n) is 4.25. The van der Waals surface area contributed by atoms with E-state index >= 15 is 0 Å². The second kappa shape index (κ2) is 10.1. The van der Waals surface area contributed by atoms with E-state index in [-0.39, 0.29) is 11.3 Å². The van der Waals surface area contributed by atoms with Crippen molar-refractivity contribution in [2.24, 2.45) is 0 Å². The second-order valence-corrected chi connectivity index (χ2v) is 9.36. The molecule has 8 heteroatoms. The van der Waals surface area contributed by atoms with E-state index in [9.17, 15) is 14.7 Å². The van der Waals surface area contributed by atoms with Crippen molar-refractivity contribution in [1.82, 2.24) is 9.80 Å². The third-order valence-corrected chi connectivity index (χ3v) is 6.67. The number of benzene rings is 2. The highest BCUT2D eigenvalue weighted by molar-refractivity contribution is 9.10. The summed E-state index contributed by atoms with van der Waals surface area (Å²) in [5.41, 5.74) is 2.43. The maximum Gasteiger partial charge on any atom is 0.295 e. The van der Waals surface area contributed by atoms with Crippen LogP contribution in [0.25, 0.3) is 5.76 Å². The number of nitrogens with zero attached hydrogens (tertiary/aromatic N) is 3. The molecule has 0 aliphatic carbocycles. The molecule has 7 nitrogen and oxygen atoms in total. The van der Waals surface area contributed by atoms with Gasteiger partial charge in [-0.1, -0.05) is 40.2 Å². The van der Waals surface area contributed by atoms with Gasteiger partial charge in [-0.05, 0) is 29.8 Å². The van der Waals surface area contributed by atoms with Gasteiger partial charge in [-0.25, -0.2) is 0 Å². The van der Waals surface area contributed by atoms with Crippen molar-refractivity contribution in [1.29, 1.82) is 0 Å². The SMILES string of the molecule is CN(C)c1ccc(C2/C(=C(\O)c3ccc(Br)cc3)C(=O)C(=O)N2CCN2CCOCC2)cc1. The summed E-state index contributed by atoms with van der Waals surface area (Å²) in [5.74, 6) is -1.39. The number of rotatable bonds is 6. The molecule has 1 atom stereocenters. The summed E-state index contributed by atoms with van der Waals surface area (Å²) in [6.45, 7) is 3.95. The summed E-state index contributed by atoms with van der Waals surface area (Å²) >= 11 is 3.39. The number of carbonyl (C=O) groups is 2. The van der Waals surface area contributed by atoms with Crippen LogP contribution < -0.4 is 4.90 Å². The van der Waals surface area contributed by atoms with Crippen molar-refractivity contribution in [2.45, 2.75) is 6.04 Å². The number of hydrogen-bond acceptors (Lipinski definition) is 6. The molecule has 0 spiro atoms. The van der Waals surface area contributed by atoms with Crippen molar-refractivity contribution in [3.63, 3.8) is 0 Å². The molecule has 2 heterocycles. The molecule has 0 aromatic heterocycles. The van der Waals surface area contributed by atoms with Crippen LogP contribution in [0.5, 0.6) is 0 Å². The van der Waals surface area contributed by atoms with Gasteiger partial charge in [0, 0.05) is 56.0 Å². The zero-order valence-corrected chi connectivity index (χ0v) is 20.4. The first-order valence-electron chi connectivity index (χ1n) is 11.0. The van der Waals surface area contributed by atoms with Gasteiger partial charge >= 0.3 is 0 Å². The van der Waals surface area contributed by atoms with Crippen LogP contribution >= 0.6 is 15.9 Å². The Hall–Kier alpha value is -2.68. The molecule has 2 aliphatic heterocycles. The summed E-state index contributed by atoms with van der Waals surface area (Å²) in [7, 11) is 3.91. The third-order valence-electron chi connectivity index (χ3n) is 6.14. The Morgan fingerprint density at radius 2 is 1.67 bits per heavy atom. The molecule has 0 radical (unpaired) electrons. The van der Waals surface area contributed by atoms with Gasteiger partial charge in [0.05, 0.1) is 24.8 Å². The van der Waals surface area contributed by atoms with Crippen LogP contribution in [0.3, 0.4) is 0 Å². The number of anilines is 1. The number of Topliss-reactive ketones (excluding diaryl/α,β-unsaturated/α-hetero) is 1. The van der Waals surface area contributed by atoms with Crippen LogP contribution in [0.1, 0.15) is 17.2 Å². The number of likely N-dealkylation sites (tertiary alicyclic amines) is 1. The maximum absolute atomic E-state index is 13.1. The van der Waals surface area contributed by atoms with Gasteiger partial charge < -0.3 is 19.6 Å². The lowest BCUT2D eigenvalue weighted by molar-refractivity contribution is -0.140. The van der Waals surface area contributed by atoms with E-state index in [2.05, 4.69) is 20.8 Å². The summed E-state index contributed by atoms with van der Waals surface area (Å²) in [6, 6.07) is 14.2. The maximum atomic E-state index is 13.1. The molecule has 1 amide bonds. The number of amides is 1. The van der Waals surface area contributed by atoms with Gasteiger partial charge in [0.15, 0.2) is 0 Å². The molecule has 174 valence electrons. The van der Waals surface area contributed by atoms with Crippen molar-refractivity contribution in [2.75, 3.05) is 58.4 Å². The number of ether oxygens (including phenoxy) is 1. The molecule has 2 aromatic carbocycles. The highest BCUT2D eigenvalue weighted by Gasteiger charge is 2.46. The minimum Gasteiger partial charge on any atom is -0.507 e. The Morgan fingerprint density at radius 3 is 2.27 bits per heavy atom. The van der Waals surface area contributed by atoms with Gasteiger partial charge in [-0.3, -0.25) is 14.5 Å². The van der Waals surface area contributed by atoms with Crippen LogP contribution in [0.15, 0.2) is 58.6 Å². The lowest BCUT2D eigenvalue weighted by Gasteiger charge is -2.31. The van der Waals surface area contributed by atoms with Gasteiger partial charge in [0.25, 0.3) is 11.7 Å². The molecule has 1 unspecified atom stereocenters. The van der Waals surface area contributed by atoms with E-state index in [4.69, 9.17) is 4.74 Å². The molecule has 2 saturated heterocycles. The number of morpholine rings is 1. The zero-order chi connectivity index (χ0) is 23.5. The van der Waals surface area contributed by atoms with Gasteiger partial charge in [-0.15, -0.1) is 0 Å². The highest BCUT2D eigenvalue weighted by atomic mass is 79.9. The Morgan fingerprint density at radius 1 is 1.03 bits per heavy atom. The minimum atomic E-state index is -0.654.